The molecule has 5 atom stereocenters. The van der Waals surface area contributed by atoms with Gasteiger partial charge in [-0.15, -0.1) is 5.10 Å². The predicted octanol–water partition coefficient (Wildman–Crippen LogP) is 1.35. The molecule has 2 aliphatic heterocycles. The fraction of sp³-hybridized carbons (Fsp3) is 0.500. The van der Waals surface area contributed by atoms with Gasteiger partial charge in [0.2, 0.25) is 5.82 Å². The number of primary amides is 1. The Morgan fingerprint density at radius 1 is 1.13 bits per heavy atom. The average molecular weight is 416 g/mol. The van der Waals surface area contributed by atoms with Gasteiger partial charge in [-0.3, -0.25) is 9.59 Å². The molecule has 2 N–H and O–H groups in total. The molecule has 0 bridgehead atoms. The van der Waals surface area contributed by atoms with Crippen molar-refractivity contribution in [2.24, 2.45) is 11.1 Å². The smallest absolute Gasteiger partial charge is 0.311 e. The van der Waals surface area contributed by atoms with Gasteiger partial charge >= 0.3 is 5.97 Å². The van der Waals surface area contributed by atoms with E-state index in [9.17, 15) is 9.59 Å². The summed E-state index contributed by atoms with van der Waals surface area (Å²) in [7, 11) is 0. The van der Waals surface area contributed by atoms with Crippen molar-refractivity contribution >= 4 is 11.9 Å². The van der Waals surface area contributed by atoms with Gasteiger partial charge in [0.1, 0.15) is 31.2 Å². The van der Waals surface area contributed by atoms with Gasteiger partial charge in [-0.2, -0.15) is 0 Å². The van der Waals surface area contributed by atoms with Crippen LogP contribution in [0.2, 0.25) is 0 Å². The molecule has 0 radical (unpaired) electrons. The predicted molar refractivity (Wildman–Crippen MR) is 102 cm³/mol. The van der Waals surface area contributed by atoms with Crippen LogP contribution in [0.5, 0.6) is 0 Å². The second kappa shape index (κ2) is 7.78. The van der Waals surface area contributed by atoms with Crippen LogP contribution in [0.3, 0.4) is 0 Å². The molecule has 1 amide bonds. The lowest BCUT2D eigenvalue weighted by molar-refractivity contribution is -0.173. The number of aromatic nitrogens is 3. The maximum Gasteiger partial charge on any atom is 0.311 e. The number of carbonyl (C=O) groups excluding carboxylic acids is 2. The third-order valence-corrected chi connectivity index (χ3v) is 4.90. The Balaban J connectivity index is 1.55. The van der Waals surface area contributed by atoms with Crippen LogP contribution in [0, 0.1) is 5.41 Å². The third-order valence-electron chi connectivity index (χ3n) is 4.90. The first-order chi connectivity index (χ1) is 14.2. The lowest BCUT2D eigenvalue weighted by Gasteiger charge is -2.22. The molecule has 4 rings (SSSR count). The molecule has 2 saturated heterocycles. The van der Waals surface area contributed by atoms with Gasteiger partial charge in [0.15, 0.2) is 12.5 Å². The van der Waals surface area contributed by atoms with Crippen LogP contribution in [0.4, 0.5) is 0 Å². The molecular formula is C20H24N4O6. The normalized spacial score (nSPS) is 28.3. The topological polar surface area (TPSA) is 128 Å². The molecule has 1 aromatic heterocycles. The highest BCUT2D eigenvalue weighted by molar-refractivity contribution is 5.88. The maximum atomic E-state index is 12.2. The van der Waals surface area contributed by atoms with Gasteiger partial charge in [0, 0.05) is 5.56 Å². The molecular weight excluding hydrogens is 392 g/mol. The van der Waals surface area contributed by atoms with Crippen molar-refractivity contribution in [3.63, 3.8) is 0 Å². The van der Waals surface area contributed by atoms with Crippen LogP contribution in [-0.2, 0) is 23.7 Å². The van der Waals surface area contributed by atoms with Gasteiger partial charge in [0.25, 0.3) is 5.91 Å². The summed E-state index contributed by atoms with van der Waals surface area (Å²) in [5, 5.41) is 4.08. The first kappa shape index (κ1) is 20.5. The van der Waals surface area contributed by atoms with Gasteiger partial charge < -0.3 is 24.7 Å². The molecule has 2 fully saturated rings. The van der Waals surface area contributed by atoms with Crippen LogP contribution in [0.1, 0.15) is 49.5 Å². The Morgan fingerprint density at radius 3 is 2.47 bits per heavy atom. The first-order valence-electron chi connectivity index (χ1n) is 9.63. The number of carbonyl (C=O) groups is 2. The highest BCUT2D eigenvalue weighted by Crippen LogP contribution is 2.44. The van der Waals surface area contributed by atoms with Crippen LogP contribution in [-0.4, -0.2) is 51.6 Å². The van der Waals surface area contributed by atoms with E-state index < -0.39 is 42.2 Å². The fourth-order valence-electron chi connectivity index (χ4n) is 3.33. The van der Waals surface area contributed by atoms with Crippen molar-refractivity contribution in [2.75, 3.05) is 6.61 Å². The van der Waals surface area contributed by atoms with Crippen molar-refractivity contribution in [3.8, 4) is 0 Å². The first-order valence-corrected chi connectivity index (χ1v) is 9.63. The Bertz CT molecular complexity index is 925. The van der Waals surface area contributed by atoms with Gasteiger partial charge in [-0.1, -0.05) is 30.3 Å². The number of rotatable bonds is 5. The van der Waals surface area contributed by atoms with Crippen LogP contribution in [0.15, 0.2) is 36.7 Å². The molecule has 30 heavy (non-hydrogen) atoms. The summed E-state index contributed by atoms with van der Waals surface area (Å²) in [4.78, 5) is 27.5. The molecule has 1 aromatic carbocycles. The standard InChI is InChI=1S/C20H24N4O6/c1-20(2,3)19(26)27-9-12-13-14(30-18(29-13)11-7-5-4-6-8-11)17(28-12)24-10-22-16(23-24)15(21)25/h4-8,10,12-14,17-18H,9H2,1-3H3,(H2,21,25). The summed E-state index contributed by atoms with van der Waals surface area (Å²) in [6.45, 7) is 5.32. The molecule has 10 heteroatoms. The zero-order valence-electron chi connectivity index (χ0n) is 16.9. The molecule has 0 spiro atoms. The van der Waals surface area contributed by atoms with Crippen LogP contribution >= 0.6 is 0 Å². The van der Waals surface area contributed by atoms with E-state index >= 15 is 0 Å². The van der Waals surface area contributed by atoms with Crippen molar-refractivity contribution in [3.05, 3.63) is 48.0 Å². The van der Waals surface area contributed by atoms with E-state index in [-0.39, 0.29) is 18.4 Å². The molecule has 160 valence electrons. The molecule has 5 unspecified atom stereocenters. The molecule has 10 nitrogen and oxygen atoms in total. The minimum Gasteiger partial charge on any atom is -0.462 e. The van der Waals surface area contributed by atoms with E-state index in [0.29, 0.717) is 0 Å². The molecule has 0 saturated carbocycles. The minimum absolute atomic E-state index is 0.00395. The summed E-state index contributed by atoms with van der Waals surface area (Å²) in [6, 6.07) is 9.49. The number of esters is 1. The van der Waals surface area contributed by atoms with Crippen molar-refractivity contribution in [1.29, 1.82) is 0 Å². The second-order valence-corrected chi connectivity index (χ2v) is 8.27. The Labute approximate surface area is 173 Å². The van der Waals surface area contributed by atoms with E-state index in [0.717, 1.165) is 5.56 Å². The summed E-state index contributed by atoms with van der Waals surface area (Å²) >= 11 is 0. The van der Waals surface area contributed by atoms with Crippen molar-refractivity contribution in [1.82, 2.24) is 14.8 Å². The van der Waals surface area contributed by atoms with Gasteiger partial charge in [-0.25, -0.2) is 9.67 Å². The molecule has 0 aliphatic carbocycles. The number of fused-ring (bicyclic) bond motifs is 1. The van der Waals surface area contributed by atoms with Crippen molar-refractivity contribution in [2.45, 2.75) is 51.6 Å². The number of benzene rings is 1. The minimum atomic E-state index is -0.746. The SMILES string of the molecule is CC(C)(C)C(=O)OCC1OC(n2cnc(C(N)=O)n2)C2OC(c3ccccc3)OC12. The summed E-state index contributed by atoms with van der Waals surface area (Å²) in [5.74, 6) is -1.22. The zero-order valence-corrected chi connectivity index (χ0v) is 16.9. The zero-order chi connectivity index (χ0) is 21.5. The number of nitrogens with zero attached hydrogens (tertiary/aromatic N) is 3. The largest absolute Gasteiger partial charge is 0.462 e. The van der Waals surface area contributed by atoms with Gasteiger partial charge in [-0.05, 0) is 20.8 Å². The quantitative estimate of drug-likeness (QED) is 0.724. The van der Waals surface area contributed by atoms with Crippen LogP contribution < -0.4 is 5.73 Å². The number of hydrogen-bond donors (Lipinski definition) is 1. The monoisotopic (exact) mass is 416 g/mol. The lowest BCUT2D eigenvalue weighted by atomic mass is 9.97. The summed E-state index contributed by atoms with van der Waals surface area (Å²) in [6.07, 6.45) is -1.61. The van der Waals surface area contributed by atoms with E-state index in [1.165, 1.54) is 11.0 Å². The molecule has 2 aromatic rings. The van der Waals surface area contributed by atoms with Crippen molar-refractivity contribution < 1.29 is 28.5 Å². The van der Waals surface area contributed by atoms with E-state index in [1.807, 2.05) is 30.3 Å². The average Bonchev–Trinajstić information content (AvgIpc) is 3.41. The Hall–Kier alpha value is -2.82. The fourth-order valence-corrected chi connectivity index (χ4v) is 3.33. The number of ether oxygens (including phenoxy) is 4. The Kier molecular flexibility index (Phi) is 5.31. The van der Waals surface area contributed by atoms with E-state index in [4.69, 9.17) is 24.7 Å². The second-order valence-electron chi connectivity index (χ2n) is 8.27. The maximum absolute atomic E-state index is 12.2. The van der Waals surface area contributed by atoms with E-state index in [1.54, 1.807) is 20.8 Å². The summed E-state index contributed by atoms with van der Waals surface area (Å²) < 4.78 is 25.1. The highest BCUT2D eigenvalue weighted by atomic mass is 16.8. The number of nitrogens with two attached hydrogens (primary N) is 1. The number of hydrogen-bond acceptors (Lipinski definition) is 8. The van der Waals surface area contributed by atoms with Crippen LogP contribution in [0.25, 0.3) is 0 Å². The summed E-state index contributed by atoms with van der Waals surface area (Å²) in [5.41, 5.74) is 5.46. The highest BCUT2D eigenvalue weighted by Gasteiger charge is 2.54. The molecule has 3 heterocycles. The molecule has 2 aliphatic rings. The Morgan fingerprint density at radius 2 is 1.83 bits per heavy atom. The van der Waals surface area contributed by atoms with E-state index in [2.05, 4.69) is 10.1 Å². The lowest BCUT2D eigenvalue weighted by Crippen LogP contribution is -2.34. The van der Waals surface area contributed by atoms with Gasteiger partial charge in [0.05, 0.1) is 5.41 Å². The number of amides is 1. The third kappa shape index (κ3) is 3.93.